The molecule has 0 atom stereocenters. The number of fused-ring (bicyclic) bond motifs is 1. The summed E-state index contributed by atoms with van der Waals surface area (Å²) in [5, 5.41) is 9.65. The molecule has 238 valence electrons. The zero-order valence-electron chi connectivity index (χ0n) is 25.8. The molecule has 2 aromatic heterocycles. The van der Waals surface area contributed by atoms with Crippen molar-refractivity contribution in [2.24, 2.45) is 0 Å². The molecule has 6 rings (SSSR count). The van der Waals surface area contributed by atoms with Gasteiger partial charge in [-0.3, -0.25) is 9.48 Å². The molecule has 2 aromatic carbocycles. The van der Waals surface area contributed by atoms with Gasteiger partial charge < -0.3 is 29.4 Å². The molecule has 0 unspecified atom stereocenters. The Morgan fingerprint density at radius 3 is 2.00 bits per heavy atom. The van der Waals surface area contributed by atoms with Gasteiger partial charge in [-0.15, -0.1) is 0 Å². The zero-order valence-corrected chi connectivity index (χ0v) is 27.3. The van der Waals surface area contributed by atoms with E-state index in [1.807, 2.05) is 48.7 Å². The van der Waals surface area contributed by atoms with Gasteiger partial charge in [0.2, 0.25) is 5.91 Å². The molecule has 2 saturated heterocycles. The number of rotatable bonds is 6. The summed E-state index contributed by atoms with van der Waals surface area (Å²) in [7, 11) is 3.16. The number of piperidine rings is 2. The molecule has 2 aliphatic rings. The molecule has 46 heavy (non-hydrogen) atoms. The number of nitrogens with zero attached hydrogens (tertiary/aromatic N) is 6. The number of ether oxygens (including phenoxy) is 2. The lowest BCUT2D eigenvalue weighted by molar-refractivity contribution is -0.133. The minimum Gasteiger partial charge on any atom is -0.495 e. The number of halogens is 2. The smallest absolute Gasteiger partial charge is 0.261 e. The van der Waals surface area contributed by atoms with E-state index in [1.165, 1.54) is 0 Å². The van der Waals surface area contributed by atoms with Crippen molar-refractivity contribution >= 4 is 40.1 Å². The van der Waals surface area contributed by atoms with E-state index in [-0.39, 0.29) is 12.5 Å². The first-order valence-corrected chi connectivity index (χ1v) is 15.7. The second-order valence-corrected chi connectivity index (χ2v) is 12.2. The molecule has 0 spiro atoms. The third kappa shape index (κ3) is 6.90. The summed E-state index contributed by atoms with van der Waals surface area (Å²) >= 11 is 12.1. The van der Waals surface area contributed by atoms with Crippen LogP contribution in [0.25, 0.3) is 20.7 Å². The first-order valence-electron chi connectivity index (χ1n) is 15.0. The van der Waals surface area contributed by atoms with Gasteiger partial charge in [0.25, 0.3) is 11.1 Å². The summed E-state index contributed by atoms with van der Waals surface area (Å²) in [5.74, 6) is 1.20. The van der Waals surface area contributed by atoms with Crippen molar-refractivity contribution in [3.63, 3.8) is 0 Å². The molecule has 2 aliphatic heterocycles. The Kier molecular flexibility index (Phi) is 10.3. The number of methoxy groups -OCH3 is 2. The monoisotopic (exact) mass is 659 g/mol. The van der Waals surface area contributed by atoms with Gasteiger partial charge >= 0.3 is 0 Å². The van der Waals surface area contributed by atoms with Crippen LogP contribution in [0.3, 0.4) is 0 Å². The maximum absolute atomic E-state index is 12.8. The van der Waals surface area contributed by atoms with Gasteiger partial charge in [0.1, 0.15) is 18.0 Å². The van der Waals surface area contributed by atoms with Crippen LogP contribution in [-0.4, -0.2) is 66.0 Å². The normalized spacial score (nSPS) is 16.8. The van der Waals surface area contributed by atoms with Crippen molar-refractivity contribution in [2.75, 3.05) is 40.4 Å². The molecule has 4 heterocycles. The highest BCUT2D eigenvalue weighted by Crippen LogP contribution is 2.40. The number of likely N-dealkylation sites (tertiary alicyclic amines) is 1. The van der Waals surface area contributed by atoms with E-state index in [0.717, 1.165) is 42.4 Å². The van der Waals surface area contributed by atoms with E-state index < -0.39 is 11.1 Å². The van der Waals surface area contributed by atoms with Crippen LogP contribution < -0.4 is 14.8 Å². The lowest BCUT2D eigenvalue weighted by atomic mass is 9.81. The molecular weight excluding hydrogens is 625 g/mol. The van der Waals surface area contributed by atoms with E-state index in [9.17, 15) is 4.79 Å². The predicted molar refractivity (Wildman–Crippen MR) is 178 cm³/mol. The van der Waals surface area contributed by atoms with Crippen LogP contribution in [0.15, 0.2) is 60.9 Å². The third-order valence-corrected chi connectivity index (χ3v) is 9.43. The second kappa shape index (κ2) is 14.4. The number of hydrogen-bond acceptors (Lipinski definition) is 6. The van der Waals surface area contributed by atoms with Gasteiger partial charge in [-0.05, 0) is 48.5 Å². The first-order chi connectivity index (χ1) is 22.3. The second-order valence-electron chi connectivity index (χ2n) is 11.4. The van der Waals surface area contributed by atoms with Crippen LogP contribution in [-0.2, 0) is 22.4 Å². The molecule has 0 saturated carbocycles. The van der Waals surface area contributed by atoms with Crippen LogP contribution in [0, 0.1) is 13.1 Å². The topological polar surface area (TPSA) is 90.2 Å². The summed E-state index contributed by atoms with van der Waals surface area (Å²) in [4.78, 5) is 26.6. The summed E-state index contributed by atoms with van der Waals surface area (Å²) < 4.78 is 12.1. The Hall–Kier alpha value is -4.35. The summed E-state index contributed by atoms with van der Waals surface area (Å²) in [6.45, 7) is 18.3. The van der Waals surface area contributed by atoms with E-state index >= 15 is 0 Å². The molecule has 12 heteroatoms. The number of aromatic nitrogens is 3. The SMILES string of the molecule is [C-]#[N+]C1(c2ccc(Cl)c(OC)c2)CCN(C(=O)Cn2cc3cccnc3n2)CC1.[C-]#[N+]C1(c2ccc(Cl)c(OC)c2)CCNCC1. The lowest BCUT2D eigenvalue weighted by Gasteiger charge is -2.34. The standard InChI is InChI=1S/C21H20ClN5O2.C13H15ClN2O/c1-23-21(16-5-6-17(22)18(12-16)29-2)7-10-26(11-8-21)19(28)14-27-13-15-4-3-9-24-20(15)25-27;1-15-13(5-7-16-8-6-13)10-3-4-11(14)12(9-10)17-2/h3-6,9,12-13H,7-8,10-11,14H2,2H3;3-4,9,16H,5-8H2,2H3. The fourth-order valence-corrected chi connectivity index (χ4v) is 6.41. The van der Waals surface area contributed by atoms with Gasteiger partial charge in [0.15, 0.2) is 5.65 Å². The number of nitrogens with one attached hydrogen (secondary N) is 1. The molecule has 1 amide bonds. The molecule has 0 aliphatic carbocycles. The molecule has 1 N–H and O–H groups in total. The first kappa shape index (κ1) is 33.0. The van der Waals surface area contributed by atoms with Gasteiger partial charge in [-0.1, -0.05) is 23.2 Å². The quantitative estimate of drug-likeness (QED) is 0.242. The van der Waals surface area contributed by atoms with Crippen molar-refractivity contribution in [1.29, 1.82) is 0 Å². The van der Waals surface area contributed by atoms with Crippen molar-refractivity contribution in [2.45, 2.75) is 43.3 Å². The fourth-order valence-electron chi connectivity index (χ4n) is 6.02. The Bertz CT molecular complexity index is 1750. The Morgan fingerprint density at radius 1 is 0.913 bits per heavy atom. The van der Waals surface area contributed by atoms with E-state index in [4.69, 9.17) is 45.8 Å². The number of carbonyl (C=O) groups excluding carboxylic acids is 1. The highest BCUT2D eigenvalue weighted by molar-refractivity contribution is 6.32. The van der Waals surface area contributed by atoms with E-state index in [1.54, 1.807) is 36.1 Å². The van der Waals surface area contributed by atoms with Crippen molar-refractivity contribution in [3.05, 3.63) is 105 Å². The summed E-state index contributed by atoms with van der Waals surface area (Å²) in [6.07, 6.45) is 6.31. The summed E-state index contributed by atoms with van der Waals surface area (Å²) in [6, 6.07) is 14.9. The molecule has 10 nitrogen and oxygen atoms in total. The number of benzene rings is 2. The number of amides is 1. The molecule has 0 radical (unpaired) electrons. The van der Waals surface area contributed by atoms with Crippen LogP contribution in [0.4, 0.5) is 0 Å². The number of hydrogen-bond donors (Lipinski definition) is 1. The van der Waals surface area contributed by atoms with Gasteiger partial charge in [0.05, 0.1) is 24.3 Å². The largest absolute Gasteiger partial charge is 0.495 e. The minimum absolute atomic E-state index is 0.00919. The van der Waals surface area contributed by atoms with Crippen LogP contribution in [0.1, 0.15) is 36.8 Å². The van der Waals surface area contributed by atoms with Crippen LogP contribution in [0.5, 0.6) is 11.5 Å². The summed E-state index contributed by atoms with van der Waals surface area (Å²) in [5.41, 5.74) is 1.44. The Balaban J connectivity index is 0.000000209. The minimum atomic E-state index is -0.668. The molecule has 2 fully saturated rings. The molecular formula is C34H35Cl2N7O3. The fraction of sp³-hybridized carbons (Fsp3) is 0.382. The number of pyridine rings is 1. The lowest BCUT2D eigenvalue weighted by Crippen LogP contribution is -2.45. The highest BCUT2D eigenvalue weighted by atomic mass is 35.5. The molecule has 0 bridgehead atoms. The van der Waals surface area contributed by atoms with Gasteiger partial charge in [-0.25, -0.2) is 18.1 Å². The number of carbonyl (C=O) groups is 1. The Morgan fingerprint density at radius 2 is 1.48 bits per heavy atom. The predicted octanol–water partition coefficient (Wildman–Crippen LogP) is 6.38. The van der Waals surface area contributed by atoms with E-state index in [0.29, 0.717) is 53.1 Å². The maximum atomic E-state index is 12.8. The maximum Gasteiger partial charge on any atom is 0.261 e. The van der Waals surface area contributed by atoms with Gasteiger partial charge in [-0.2, -0.15) is 5.10 Å². The third-order valence-electron chi connectivity index (χ3n) is 8.80. The van der Waals surface area contributed by atoms with Crippen molar-refractivity contribution in [3.8, 4) is 11.5 Å². The highest BCUT2D eigenvalue weighted by Gasteiger charge is 2.44. The van der Waals surface area contributed by atoms with Crippen LogP contribution in [0.2, 0.25) is 10.0 Å². The van der Waals surface area contributed by atoms with Crippen molar-refractivity contribution in [1.82, 2.24) is 25.0 Å². The average Bonchev–Trinajstić information content (AvgIpc) is 3.51. The Labute approximate surface area is 278 Å². The van der Waals surface area contributed by atoms with Gasteiger partial charge in [0, 0.05) is 80.8 Å². The van der Waals surface area contributed by atoms with Crippen LogP contribution >= 0.6 is 23.2 Å². The molecule has 4 aromatic rings. The van der Waals surface area contributed by atoms with E-state index in [2.05, 4.69) is 25.1 Å². The zero-order chi connectivity index (χ0) is 32.7. The average molecular weight is 661 g/mol. The van der Waals surface area contributed by atoms with Crippen molar-refractivity contribution < 1.29 is 14.3 Å².